The number of nitrogens with zero attached hydrogens (tertiary/aromatic N) is 3. The molecule has 1 heterocycles. The molecule has 0 spiro atoms. The number of nitriles is 1. The van der Waals surface area contributed by atoms with Crippen molar-refractivity contribution in [3.05, 3.63) is 65.2 Å². The predicted molar refractivity (Wildman–Crippen MR) is 111 cm³/mol. The van der Waals surface area contributed by atoms with Gasteiger partial charge in [-0.1, -0.05) is 36.4 Å². The fourth-order valence-corrected chi connectivity index (χ4v) is 4.22. The van der Waals surface area contributed by atoms with Crippen LogP contribution in [0.25, 0.3) is 0 Å². The molecule has 1 saturated carbocycles. The summed E-state index contributed by atoms with van der Waals surface area (Å²) >= 11 is 0. The molecule has 0 radical (unpaired) electrons. The normalized spacial score (nSPS) is 24.5. The molecular weight excluding hydrogens is 421 g/mol. The van der Waals surface area contributed by atoms with Crippen LogP contribution >= 0.6 is 0 Å². The van der Waals surface area contributed by atoms with Crippen LogP contribution in [0.1, 0.15) is 42.4 Å². The smallest absolute Gasteiger partial charge is 0.406 e. The first-order valence-electron chi connectivity index (χ1n) is 10.00. The number of amides is 1. The SMILES string of the molecule is CN1C(=O)[C@H](c2ccc(C3(C#N)CC3)cc2)[C@@](C)(c2cccc(OC(F)(F)F)c2)N=C1N. The summed E-state index contributed by atoms with van der Waals surface area (Å²) in [6, 6.07) is 14.9. The van der Waals surface area contributed by atoms with E-state index in [9.17, 15) is 23.2 Å². The molecule has 0 unspecified atom stereocenters. The number of halogens is 3. The first-order chi connectivity index (χ1) is 15.0. The average Bonchev–Trinajstić information content (AvgIpc) is 3.53. The Labute approximate surface area is 183 Å². The Balaban J connectivity index is 1.79. The van der Waals surface area contributed by atoms with Crippen LogP contribution in [0.4, 0.5) is 13.2 Å². The van der Waals surface area contributed by atoms with Crippen LogP contribution in [0.15, 0.2) is 53.5 Å². The van der Waals surface area contributed by atoms with Crippen LogP contribution in [0.3, 0.4) is 0 Å². The van der Waals surface area contributed by atoms with Crippen molar-refractivity contribution >= 4 is 11.9 Å². The molecule has 2 aliphatic rings. The second-order valence-electron chi connectivity index (χ2n) is 8.34. The monoisotopic (exact) mass is 442 g/mol. The van der Waals surface area contributed by atoms with Gasteiger partial charge in [0.05, 0.1) is 17.4 Å². The number of carbonyl (C=O) groups is 1. The maximum atomic E-state index is 13.3. The summed E-state index contributed by atoms with van der Waals surface area (Å²) in [7, 11) is 1.50. The number of guanidine groups is 1. The van der Waals surface area contributed by atoms with Gasteiger partial charge in [0.1, 0.15) is 11.3 Å². The lowest BCUT2D eigenvalue weighted by Crippen LogP contribution is -2.52. The molecule has 166 valence electrons. The van der Waals surface area contributed by atoms with E-state index >= 15 is 0 Å². The minimum atomic E-state index is -4.85. The third kappa shape index (κ3) is 3.66. The van der Waals surface area contributed by atoms with Crippen LogP contribution in [0.5, 0.6) is 5.75 Å². The van der Waals surface area contributed by atoms with E-state index in [2.05, 4.69) is 15.8 Å². The van der Waals surface area contributed by atoms with Gasteiger partial charge in [0.2, 0.25) is 5.91 Å². The van der Waals surface area contributed by atoms with Crippen LogP contribution < -0.4 is 10.5 Å². The van der Waals surface area contributed by atoms with Gasteiger partial charge in [0.25, 0.3) is 0 Å². The Bertz CT molecular complexity index is 1130. The van der Waals surface area contributed by atoms with Crippen LogP contribution in [0, 0.1) is 11.3 Å². The Morgan fingerprint density at radius 2 is 1.84 bits per heavy atom. The molecule has 1 aliphatic heterocycles. The minimum Gasteiger partial charge on any atom is -0.406 e. The second-order valence-corrected chi connectivity index (χ2v) is 8.34. The van der Waals surface area contributed by atoms with Gasteiger partial charge in [-0.25, -0.2) is 4.99 Å². The van der Waals surface area contributed by atoms with Crippen molar-refractivity contribution < 1.29 is 22.7 Å². The molecule has 2 N–H and O–H groups in total. The highest BCUT2D eigenvalue weighted by molar-refractivity contribution is 6.02. The van der Waals surface area contributed by atoms with Crippen molar-refractivity contribution in [2.24, 2.45) is 10.7 Å². The van der Waals surface area contributed by atoms with Crippen molar-refractivity contribution in [2.45, 2.75) is 43.0 Å². The van der Waals surface area contributed by atoms with E-state index in [0.29, 0.717) is 11.1 Å². The predicted octanol–water partition coefficient (Wildman–Crippen LogP) is 3.93. The minimum absolute atomic E-state index is 0.0334. The zero-order valence-corrected chi connectivity index (χ0v) is 17.5. The number of hydrogen-bond donors (Lipinski definition) is 1. The third-order valence-corrected chi connectivity index (χ3v) is 6.24. The van der Waals surface area contributed by atoms with Gasteiger partial charge >= 0.3 is 6.36 Å². The molecule has 9 heteroatoms. The number of rotatable bonds is 4. The molecule has 1 amide bonds. The molecule has 0 bridgehead atoms. The number of aliphatic imine (C=N–C) groups is 1. The van der Waals surface area contributed by atoms with Crippen molar-refractivity contribution in [3.63, 3.8) is 0 Å². The van der Waals surface area contributed by atoms with Crippen molar-refractivity contribution in [2.75, 3.05) is 7.05 Å². The van der Waals surface area contributed by atoms with E-state index in [-0.39, 0.29) is 11.9 Å². The maximum Gasteiger partial charge on any atom is 0.573 e. The lowest BCUT2D eigenvalue weighted by Gasteiger charge is -2.41. The summed E-state index contributed by atoms with van der Waals surface area (Å²) in [4.78, 5) is 19.0. The molecule has 6 nitrogen and oxygen atoms in total. The van der Waals surface area contributed by atoms with E-state index in [4.69, 9.17) is 5.73 Å². The number of carbonyl (C=O) groups excluding carboxylic acids is 1. The zero-order chi connectivity index (χ0) is 23.3. The summed E-state index contributed by atoms with van der Waals surface area (Å²) in [5.74, 6) is -1.62. The quantitative estimate of drug-likeness (QED) is 0.777. The number of likely N-dealkylation sites (N-methyl/N-ethyl adjacent to an activating group) is 1. The first kappa shape index (κ1) is 21.7. The highest BCUT2D eigenvalue weighted by Crippen LogP contribution is 2.49. The van der Waals surface area contributed by atoms with Crippen molar-refractivity contribution in [3.8, 4) is 11.8 Å². The van der Waals surface area contributed by atoms with E-state index < -0.39 is 29.0 Å². The van der Waals surface area contributed by atoms with Crippen LogP contribution in [0.2, 0.25) is 0 Å². The van der Waals surface area contributed by atoms with E-state index in [1.54, 1.807) is 25.1 Å². The summed E-state index contributed by atoms with van der Waals surface area (Å²) in [6.45, 7) is 1.66. The summed E-state index contributed by atoms with van der Waals surface area (Å²) in [5.41, 5.74) is 6.10. The zero-order valence-electron chi connectivity index (χ0n) is 17.5. The molecule has 1 fully saturated rings. The number of ether oxygens (including phenoxy) is 1. The molecule has 1 aliphatic carbocycles. The van der Waals surface area contributed by atoms with Gasteiger partial charge in [-0.05, 0) is 48.6 Å². The average molecular weight is 442 g/mol. The lowest BCUT2D eigenvalue weighted by atomic mass is 9.74. The highest BCUT2D eigenvalue weighted by Gasteiger charge is 2.48. The van der Waals surface area contributed by atoms with Gasteiger partial charge in [0.15, 0.2) is 5.96 Å². The molecule has 32 heavy (non-hydrogen) atoms. The van der Waals surface area contributed by atoms with Crippen molar-refractivity contribution in [1.29, 1.82) is 5.26 Å². The maximum absolute atomic E-state index is 13.3. The van der Waals surface area contributed by atoms with Gasteiger partial charge in [-0.3, -0.25) is 9.69 Å². The summed E-state index contributed by atoms with van der Waals surface area (Å²) in [6.07, 6.45) is -3.27. The summed E-state index contributed by atoms with van der Waals surface area (Å²) < 4.78 is 42.3. The third-order valence-electron chi connectivity index (χ3n) is 6.24. The molecule has 0 aromatic heterocycles. The standard InChI is InChI=1S/C23H21F3N4O2/c1-21(16-4-3-5-17(12-16)32-23(24,25)26)18(19(31)30(2)20(28)29-21)14-6-8-15(9-7-14)22(13-27)10-11-22/h3-9,12,18H,10-11H2,1-2H3,(H2,28,29)/t18-,21+/m0/s1. The molecule has 2 aromatic carbocycles. The molecular formula is C23H21F3N4O2. The lowest BCUT2D eigenvalue weighted by molar-refractivity contribution is -0.274. The Morgan fingerprint density at radius 1 is 1.19 bits per heavy atom. The summed E-state index contributed by atoms with van der Waals surface area (Å²) in [5, 5.41) is 9.44. The largest absolute Gasteiger partial charge is 0.573 e. The number of nitrogens with two attached hydrogens (primary N) is 1. The van der Waals surface area contributed by atoms with Gasteiger partial charge in [0, 0.05) is 7.05 Å². The molecule has 0 saturated heterocycles. The van der Waals surface area contributed by atoms with E-state index in [1.165, 1.54) is 30.1 Å². The van der Waals surface area contributed by atoms with Crippen LogP contribution in [-0.2, 0) is 15.7 Å². The molecule has 2 aromatic rings. The second kappa shape index (κ2) is 7.26. The van der Waals surface area contributed by atoms with E-state index in [1.807, 2.05) is 12.1 Å². The fourth-order valence-electron chi connectivity index (χ4n) is 4.22. The van der Waals surface area contributed by atoms with Gasteiger partial charge in [-0.2, -0.15) is 5.26 Å². The highest BCUT2D eigenvalue weighted by atomic mass is 19.4. The Morgan fingerprint density at radius 3 is 2.41 bits per heavy atom. The Kier molecular flexibility index (Phi) is 4.92. The van der Waals surface area contributed by atoms with E-state index in [0.717, 1.165) is 18.4 Å². The van der Waals surface area contributed by atoms with Crippen LogP contribution in [-0.4, -0.2) is 30.2 Å². The first-order valence-corrected chi connectivity index (χ1v) is 10.00. The molecule has 2 atom stereocenters. The molecule has 4 rings (SSSR count). The number of benzene rings is 2. The topological polar surface area (TPSA) is 91.7 Å². The fraction of sp³-hybridized carbons (Fsp3) is 0.348. The number of hydrogen-bond acceptors (Lipinski definition) is 5. The van der Waals surface area contributed by atoms with Crippen molar-refractivity contribution in [1.82, 2.24) is 4.90 Å². The Hall–Kier alpha value is -3.54. The van der Waals surface area contributed by atoms with Gasteiger partial charge in [-0.15, -0.1) is 13.2 Å². The number of alkyl halides is 3. The van der Waals surface area contributed by atoms with Gasteiger partial charge < -0.3 is 10.5 Å².